The second kappa shape index (κ2) is 5.10. The summed E-state index contributed by atoms with van der Waals surface area (Å²) in [6.07, 6.45) is 3.27. The van der Waals surface area contributed by atoms with Crippen LogP contribution in [0.1, 0.15) is 28.5 Å². The monoisotopic (exact) mass is 303 g/mol. The number of carboxylic acids is 1. The average molecular weight is 303 g/mol. The molecule has 0 aliphatic heterocycles. The van der Waals surface area contributed by atoms with Crippen molar-refractivity contribution in [3.8, 4) is 0 Å². The maximum atomic E-state index is 10.9. The molecule has 3 aromatic heterocycles. The Bertz CT molecular complexity index is 697. The van der Waals surface area contributed by atoms with Crippen LogP contribution in [0.4, 0.5) is 5.82 Å². The van der Waals surface area contributed by atoms with E-state index in [1.807, 2.05) is 29.8 Å². The summed E-state index contributed by atoms with van der Waals surface area (Å²) in [6, 6.07) is 5.35. The molecule has 1 atom stereocenters. The van der Waals surface area contributed by atoms with Crippen LogP contribution < -0.4 is 5.32 Å². The molecular weight excluding hydrogens is 290 g/mol. The fraction of sp³-hybridized carbons (Fsp3) is 0.143. The zero-order chi connectivity index (χ0) is 14.9. The molecule has 0 fully saturated rings. The van der Waals surface area contributed by atoms with Crippen molar-refractivity contribution in [3.63, 3.8) is 0 Å². The predicted molar refractivity (Wildman–Crippen MR) is 78.7 cm³/mol. The Morgan fingerprint density at radius 3 is 2.90 bits per heavy atom. The van der Waals surface area contributed by atoms with E-state index in [1.54, 1.807) is 23.9 Å². The fourth-order valence-corrected chi connectivity index (χ4v) is 2.93. The molecule has 0 spiro atoms. The van der Waals surface area contributed by atoms with Crippen molar-refractivity contribution in [2.45, 2.75) is 12.5 Å². The Kier molecular flexibility index (Phi) is 3.26. The molecule has 3 rings (SSSR count). The Morgan fingerprint density at radius 2 is 2.33 bits per heavy atom. The molecule has 0 saturated carbocycles. The predicted octanol–water partition coefficient (Wildman–Crippen LogP) is 3.14. The minimum absolute atomic E-state index is 0.0392. The summed E-state index contributed by atoms with van der Waals surface area (Å²) in [5.41, 5.74) is 1.46. The molecule has 108 valence electrons. The molecule has 0 aromatic carbocycles. The molecule has 0 aliphatic carbocycles. The Balaban J connectivity index is 1.98. The minimum Gasteiger partial charge on any atom is -0.477 e. The molecule has 0 radical (unpaired) electrons. The Morgan fingerprint density at radius 1 is 1.48 bits per heavy atom. The van der Waals surface area contributed by atoms with E-state index in [0.29, 0.717) is 5.82 Å². The molecule has 0 bridgehead atoms. The first kappa shape index (κ1) is 13.4. The quantitative estimate of drug-likeness (QED) is 0.673. The van der Waals surface area contributed by atoms with Crippen LogP contribution >= 0.6 is 11.3 Å². The first-order valence-corrected chi connectivity index (χ1v) is 7.16. The maximum absolute atomic E-state index is 10.9. The van der Waals surface area contributed by atoms with Crippen LogP contribution in [0.3, 0.4) is 0 Å². The number of aromatic nitrogens is 2. The lowest BCUT2D eigenvalue weighted by Gasteiger charge is -2.29. The summed E-state index contributed by atoms with van der Waals surface area (Å²) in [6.45, 7) is 2.00. The number of furan rings is 1. The van der Waals surface area contributed by atoms with Gasteiger partial charge in [-0.05, 0) is 35.4 Å². The van der Waals surface area contributed by atoms with Crippen molar-refractivity contribution in [2.75, 3.05) is 5.32 Å². The van der Waals surface area contributed by atoms with Gasteiger partial charge in [-0.25, -0.2) is 4.79 Å². The number of hydrogen-bond acceptors (Lipinski definition) is 5. The lowest BCUT2D eigenvalue weighted by molar-refractivity contribution is 0.0690. The van der Waals surface area contributed by atoms with Crippen molar-refractivity contribution in [3.05, 3.63) is 58.3 Å². The third kappa shape index (κ3) is 2.43. The van der Waals surface area contributed by atoms with Gasteiger partial charge >= 0.3 is 5.97 Å². The highest BCUT2D eigenvalue weighted by Crippen LogP contribution is 2.34. The smallest absolute Gasteiger partial charge is 0.353 e. The van der Waals surface area contributed by atoms with Gasteiger partial charge in [-0.2, -0.15) is 16.4 Å². The van der Waals surface area contributed by atoms with Crippen molar-refractivity contribution in [1.29, 1.82) is 0 Å². The van der Waals surface area contributed by atoms with Gasteiger partial charge in [0.1, 0.15) is 11.5 Å². The van der Waals surface area contributed by atoms with E-state index >= 15 is 0 Å². The number of nitrogens with zero attached hydrogens (tertiary/aromatic N) is 1. The van der Waals surface area contributed by atoms with Gasteiger partial charge in [0.15, 0.2) is 0 Å². The zero-order valence-electron chi connectivity index (χ0n) is 11.2. The van der Waals surface area contributed by atoms with Gasteiger partial charge in [0, 0.05) is 11.6 Å². The minimum atomic E-state index is -1.05. The summed E-state index contributed by atoms with van der Waals surface area (Å²) >= 11 is 1.59. The zero-order valence-corrected chi connectivity index (χ0v) is 12.0. The normalized spacial score (nSPS) is 13.8. The lowest BCUT2D eigenvalue weighted by Crippen LogP contribution is -2.32. The standard InChI is InChI=1S/C14H13N3O3S/c1-14(9-2-4-20-7-9,10-3-5-21-8-10)15-12-6-11(13(18)19)16-17-12/h2-8H,1H3,(H,18,19)(H2,15,16,17). The van der Waals surface area contributed by atoms with Gasteiger partial charge in [0.2, 0.25) is 0 Å². The topological polar surface area (TPSA) is 91.2 Å². The van der Waals surface area contributed by atoms with Crippen molar-refractivity contribution < 1.29 is 14.3 Å². The summed E-state index contributed by atoms with van der Waals surface area (Å²) in [5.74, 6) is -0.585. The number of carbonyl (C=O) groups is 1. The number of rotatable bonds is 5. The van der Waals surface area contributed by atoms with Crippen molar-refractivity contribution in [1.82, 2.24) is 10.2 Å². The summed E-state index contributed by atoms with van der Waals surface area (Å²) in [5, 5.41) is 22.7. The van der Waals surface area contributed by atoms with E-state index in [1.165, 1.54) is 6.07 Å². The second-order valence-electron chi connectivity index (χ2n) is 4.75. The average Bonchev–Trinajstić information content (AvgIpc) is 3.20. The fourth-order valence-electron chi connectivity index (χ4n) is 2.16. The van der Waals surface area contributed by atoms with Crippen LogP contribution in [0.5, 0.6) is 0 Å². The van der Waals surface area contributed by atoms with Crippen molar-refractivity contribution >= 4 is 23.1 Å². The number of nitrogens with one attached hydrogen (secondary N) is 2. The van der Waals surface area contributed by atoms with Crippen LogP contribution in [0.25, 0.3) is 0 Å². The molecule has 7 heteroatoms. The number of H-pyrrole nitrogens is 1. The van der Waals surface area contributed by atoms with E-state index in [-0.39, 0.29) is 5.69 Å². The first-order valence-electron chi connectivity index (χ1n) is 6.22. The van der Waals surface area contributed by atoms with Gasteiger partial charge in [-0.3, -0.25) is 5.10 Å². The summed E-state index contributed by atoms with van der Waals surface area (Å²) in [4.78, 5) is 10.9. The van der Waals surface area contributed by atoms with E-state index in [9.17, 15) is 4.79 Å². The molecule has 1 unspecified atom stereocenters. The third-order valence-electron chi connectivity index (χ3n) is 3.38. The molecule has 0 aliphatic rings. The largest absolute Gasteiger partial charge is 0.477 e. The van der Waals surface area contributed by atoms with Gasteiger partial charge in [-0.15, -0.1) is 0 Å². The number of hydrogen-bond donors (Lipinski definition) is 3. The van der Waals surface area contributed by atoms with Crippen LogP contribution in [0.2, 0.25) is 0 Å². The van der Waals surface area contributed by atoms with Crippen LogP contribution in [-0.2, 0) is 5.54 Å². The van der Waals surface area contributed by atoms with E-state index in [0.717, 1.165) is 11.1 Å². The van der Waals surface area contributed by atoms with Crippen molar-refractivity contribution in [2.24, 2.45) is 0 Å². The molecule has 21 heavy (non-hydrogen) atoms. The van der Waals surface area contributed by atoms with Gasteiger partial charge in [0.25, 0.3) is 0 Å². The second-order valence-corrected chi connectivity index (χ2v) is 5.53. The van der Waals surface area contributed by atoms with Crippen LogP contribution in [0.15, 0.2) is 45.9 Å². The molecule has 3 heterocycles. The third-order valence-corrected chi connectivity index (χ3v) is 4.07. The highest BCUT2D eigenvalue weighted by Gasteiger charge is 2.31. The number of aromatic amines is 1. The number of carboxylic acid groups (broad SMARTS) is 1. The SMILES string of the molecule is CC(Nc1cc(C(=O)O)[nH]n1)(c1ccoc1)c1ccsc1. The van der Waals surface area contributed by atoms with E-state index in [4.69, 9.17) is 9.52 Å². The summed E-state index contributed by atoms with van der Waals surface area (Å²) < 4.78 is 5.18. The molecule has 3 N–H and O–H groups in total. The lowest BCUT2D eigenvalue weighted by atomic mass is 9.88. The van der Waals surface area contributed by atoms with E-state index < -0.39 is 11.5 Å². The first-order chi connectivity index (χ1) is 10.1. The Hall–Kier alpha value is -2.54. The number of thiophene rings is 1. The number of aromatic carboxylic acids is 1. The maximum Gasteiger partial charge on any atom is 0.353 e. The molecular formula is C14H13N3O3S. The van der Waals surface area contributed by atoms with Crippen LogP contribution in [0, 0.1) is 0 Å². The molecule has 0 saturated heterocycles. The summed E-state index contributed by atoms with van der Waals surface area (Å²) in [7, 11) is 0. The van der Waals surface area contributed by atoms with Crippen LogP contribution in [-0.4, -0.2) is 21.3 Å². The number of anilines is 1. The van der Waals surface area contributed by atoms with Gasteiger partial charge < -0.3 is 14.8 Å². The van der Waals surface area contributed by atoms with E-state index in [2.05, 4.69) is 15.5 Å². The molecule has 0 amide bonds. The highest BCUT2D eigenvalue weighted by molar-refractivity contribution is 7.08. The molecule has 6 nitrogen and oxygen atoms in total. The highest BCUT2D eigenvalue weighted by atomic mass is 32.1. The Labute approximate surface area is 124 Å². The molecule has 3 aromatic rings. The van der Waals surface area contributed by atoms with Gasteiger partial charge in [0.05, 0.1) is 18.1 Å². The van der Waals surface area contributed by atoms with Gasteiger partial charge in [-0.1, -0.05) is 0 Å².